The first kappa shape index (κ1) is 12.3. The van der Waals surface area contributed by atoms with E-state index in [4.69, 9.17) is 14.7 Å². The molecule has 96 valence electrons. The normalized spacial score (nSPS) is 15.2. The zero-order chi connectivity index (χ0) is 12.8. The highest BCUT2D eigenvalue weighted by atomic mass is 16.7. The fourth-order valence-corrected chi connectivity index (χ4v) is 1.51. The average Bonchev–Trinajstić information content (AvgIpc) is 2.88. The largest absolute Gasteiger partial charge is 0.479 e. The number of nitrogens with one attached hydrogen (secondary N) is 1. The standard InChI is InChI=1S/C12H14N2O4/c15-12(16)11(6-7-14-8-9-17-13-14)18-10-4-2-1-3-5-10/h1-5,8-9,11,13H,6-7H2,(H,15,16). The van der Waals surface area contributed by atoms with Crippen molar-refractivity contribution in [3.05, 3.63) is 42.8 Å². The van der Waals surface area contributed by atoms with Gasteiger partial charge in [-0.3, -0.25) is 5.01 Å². The Balaban J connectivity index is 1.87. The summed E-state index contributed by atoms with van der Waals surface area (Å²) in [7, 11) is 0. The molecule has 0 saturated heterocycles. The lowest BCUT2D eigenvalue weighted by Crippen LogP contribution is -2.35. The number of carbonyl (C=O) groups is 1. The van der Waals surface area contributed by atoms with Gasteiger partial charge in [0.15, 0.2) is 6.10 Å². The summed E-state index contributed by atoms with van der Waals surface area (Å²) in [6.07, 6.45) is 2.61. The smallest absolute Gasteiger partial charge is 0.344 e. The van der Waals surface area contributed by atoms with E-state index in [0.717, 1.165) is 0 Å². The van der Waals surface area contributed by atoms with Gasteiger partial charge < -0.3 is 14.7 Å². The van der Waals surface area contributed by atoms with Crippen LogP contribution in [-0.4, -0.2) is 28.7 Å². The van der Waals surface area contributed by atoms with Gasteiger partial charge in [-0.2, -0.15) is 0 Å². The number of ether oxygens (including phenoxy) is 1. The number of hydrazine groups is 1. The predicted molar refractivity (Wildman–Crippen MR) is 63.2 cm³/mol. The van der Waals surface area contributed by atoms with Crippen LogP contribution in [0, 0.1) is 0 Å². The van der Waals surface area contributed by atoms with E-state index in [1.165, 1.54) is 6.26 Å². The van der Waals surface area contributed by atoms with Gasteiger partial charge in [0.2, 0.25) is 0 Å². The molecule has 1 atom stereocenters. The quantitative estimate of drug-likeness (QED) is 0.788. The van der Waals surface area contributed by atoms with Gasteiger partial charge in [-0.25, -0.2) is 4.79 Å². The Bertz CT molecular complexity index is 421. The second-order valence-electron chi connectivity index (χ2n) is 3.73. The lowest BCUT2D eigenvalue weighted by molar-refractivity contribution is -0.145. The molecule has 1 heterocycles. The van der Waals surface area contributed by atoms with Crippen LogP contribution in [0.1, 0.15) is 6.42 Å². The van der Waals surface area contributed by atoms with Crippen molar-refractivity contribution in [3.8, 4) is 5.75 Å². The molecule has 6 nitrogen and oxygen atoms in total. The first-order valence-electron chi connectivity index (χ1n) is 5.55. The number of para-hydroxylation sites is 1. The molecule has 0 radical (unpaired) electrons. The molecule has 0 amide bonds. The molecule has 1 aromatic carbocycles. The highest BCUT2D eigenvalue weighted by Gasteiger charge is 2.20. The Morgan fingerprint density at radius 2 is 2.22 bits per heavy atom. The minimum absolute atomic E-state index is 0.338. The van der Waals surface area contributed by atoms with Crippen molar-refractivity contribution in [2.75, 3.05) is 6.54 Å². The third-order valence-electron chi connectivity index (χ3n) is 2.41. The maximum absolute atomic E-state index is 11.1. The molecule has 0 bridgehead atoms. The van der Waals surface area contributed by atoms with Crippen molar-refractivity contribution < 1.29 is 19.5 Å². The number of hydrogen-bond donors (Lipinski definition) is 2. The highest BCUT2D eigenvalue weighted by Crippen LogP contribution is 2.13. The zero-order valence-electron chi connectivity index (χ0n) is 9.65. The van der Waals surface area contributed by atoms with Crippen LogP contribution < -0.4 is 10.3 Å². The van der Waals surface area contributed by atoms with Crippen LogP contribution in [0.2, 0.25) is 0 Å². The van der Waals surface area contributed by atoms with Crippen molar-refractivity contribution in [3.63, 3.8) is 0 Å². The molecule has 0 spiro atoms. The Hall–Kier alpha value is -2.21. The second-order valence-corrected chi connectivity index (χ2v) is 3.73. The van der Waals surface area contributed by atoms with Gasteiger partial charge in [0.25, 0.3) is 0 Å². The Morgan fingerprint density at radius 1 is 1.44 bits per heavy atom. The van der Waals surface area contributed by atoms with Gasteiger partial charge >= 0.3 is 5.97 Å². The van der Waals surface area contributed by atoms with Crippen molar-refractivity contribution in [2.45, 2.75) is 12.5 Å². The van der Waals surface area contributed by atoms with Gasteiger partial charge in [-0.1, -0.05) is 23.8 Å². The van der Waals surface area contributed by atoms with Crippen LogP contribution in [0.5, 0.6) is 5.75 Å². The molecule has 6 heteroatoms. The van der Waals surface area contributed by atoms with E-state index in [1.807, 2.05) is 6.07 Å². The van der Waals surface area contributed by atoms with Crippen LogP contribution in [0.4, 0.5) is 0 Å². The molecule has 18 heavy (non-hydrogen) atoms. The molecule has 0 aromatic heterocycles. The minimum atomic E-state index is -0.983. The third-order valence-corrected chi connectivity index (χ3v) is 2.41. The average molecular weight is 250 g/mol. The van der Waals surface area contributed by atoms with Gasteiger partial charge in [-0.05, 0) is 12.1 Å². The maximum atomic E-state index is 11.1. The topological polar surface area (TPSA) is 71.0 Å². The third kappa shape index (κ3) is 3.39. The van der Waals surface area contributed by atoms with E-state index in [1.54, 1.807) is 35.5 Å². The summed E-state index contributed by atoms with van der Waals surface area (Å²) in [4.78, 5) is 15.9. The molecule has 0 saturated carbocycles. The van der Waals surface area contributed by atoms with Crippen molar-refractivity contribution in [1.29, 1.82) is 0 Å². The lowest BCUT2D eigenvalue weighted by atomic mass is 10.2. The number of aliphatic carboxylic acids is 1. The summed E-state index contributed by atoms with van der Waals surface area (Å²) in [6, 6.07) is 8.90. The summed E-state index contributed by atoms with van der Waals surface area (Å²) in [5.74, 6) is -0.436. The summed E-state index contributed by atoms with van der Waals surface area (Å²) in [5.41, 5.74) is 2.59. The van der Waals surface area contributed by atoms with E-state index >= 15 is 0 Å². The van der Waals surface area contributed by atoms with E-state index < -0.39 is 12.1 Å². The zero-order valence-corrected chi connectivity index (χ0v) is 9.65. The number of carboxylic acids is 1. The Labute approximate surface area is 104 Å². The number of rotatable bonds is 6. The van der Waals surface area contributed by atoms with E-state index in [-0.39, 0.29) is 0 Å². The Kier molecular flexibility index (Phi) is 4.03. The fraction of sp³-hybridized carbons (Fsp3) is 0.250. The van der Waals surface area contributed by atoms with Crippen LogP contribution in [0.25, 0.3) is 0 Å². The molecule has 1 aromatic rings. The van der Waals surface area contributed by atoms with Gasteiger partial charge in [0.05, 0.1) is 6.20 Å². The first-order chi connectivity index (χ1) is 8.75. The summed E-state index contributed by atoms with van der Waals surface area (Å²) < 4.78 is 5.42. The molecule has 1 aliphatic rings. The van der Waals surface area contributed by atoms with Crippen molar-refractivity contribution in [2.24, 2.45) is 0 Å². The molecule has 0 fully saturated rings. The first-order valence-corrected chi connectivity index (χ1v) is 5.55. The maximum Gasteiger partial charge on any atom is 0.344 e. The molecular weight excluding hydrogens is 236 g/mol. The molecular formula is C12H14N2O4. The van der Waals surface area contributed by atoms with Gasteiger partial charge in [-0.15, -0.1) is 0 Å². The number of carboxylic acid groups (broad SMARTS) is 1. The summed E-state index contributed by atoms with van der Waals surface area (Å²) in [6.45, 7) is 0.473. The predicted octanol–water partition coefficient (Wildman–Crippen LogP) is 1.13. The van der Waals surface area contributed by atoms with E-state index in [2.05, 4.69) is 5.59 Å². The minimum Gasteiger partial charge on any atom is -0.479 e. The SMILES string of the molecule is O=C(O)C(CCN1C=CON1)Oc1ccccc1. The fourth-order valence-electron chi connectivity index (χ4n) is 1.51. The Morgan fingerprint density at radius 3 is 2.83 bits per heavy atom. The summed E-state index contributed by atoms with van der Waals surface area (Å²) in [5, 5.41) is 10.7. The monoisotopic (exact) mass is 250 g/mol. The number of hydrogen-bond acceptors (Lipinski definition) is 5. The van der Waals surface area contributed by atoms with Gasteiger partial charge in [0.1, 0.15) is 12.0 Å². The van der Waals surface area contributed by atoms with Crippen molar-refractivity contribution >= 4 is 5.97 Å². The lowest BCUT2D eigenvalue weighted by Gasteiger charge is -2.18. The van der Waals surface area contributed by atoms with E-state index in [0.29, 0.717) is 18.7 Å². The molecule has 2 rings (SSSR count). The highest BCUT2D eigenvalue weighted by molar-refractivity contribution is 5.72. The summed E-state index contributed by atoms with van der Waals surface area (Å²) >= 11 is 0. The second kappa shape index (κ2) is 5.92. The van der Waals surface area contributed by atoms with E-state index in [9.17, 15) is 4.79 Å². The van der Waals surface area contributed by atoms with Crippen molar-refractivity contribution in [1.82, 2.24) is 10.6 Å². The molecule has 2 N–H and O–H groups in total. The molecule has 0 aliphatic carbocycles. The van der Waals surface area contributed by atoms with Crippen LogP contribution in [-0.2, 0) is 9.63 Å². The molecule has 1 unspecified atom stereocenters. The van der Waals surface area contributed by atoms with Crippen LogP contribution in [0.3, 0.4) is 0 Å². The van der Waals surface area contributed by atoms with Crippen LogP contribution >= 0.6 is 0 Å². The number of benzene rings is 1. The molecule has 1 aliphatic heterocycles. The van der Waals surface area contributed by atoms with Gasteiger partial charge in [0, 0.05) is 13.0 Å². The van der Waals surface area contributed by atoms with Crippen LogP contribution in [0.15, 0.2) is 42.8 Å². The number of nitrogens with zero attached hydrogens (tertiary/aromatic N) is 1.